The number of aromatic nitrogens is 1. The summed E-state index contributed by atoms with van der Waals surface area (Å²) >= 11 is 2.23. The number of carbonyl (C=O) groups excluding carboxylic acids is 1. The summed E-state index contributed by atoms with van der Waals surface area (Å²) in [6.07, 6.45) is 0. The van der Waals surface area contributed by atoms with E-state index < -0.39 is 0 Å². The molecular weight excluding hydrogens is 423 g/mol. The van der Waals surface area contributed by atoms with E-state index in [2.05, 4.69) is 75.8 Å². The third kappa shape index (κ3) is 2.91. The van der Waals surface area contributed by atoms with Gasteiger partial charge in [-0.25, -0.2) is 0 Å². The fourth-order valence-corrected chi connectivity index (χ4v) is 3.64. The molecule has 0 saturated carbocycles. The maximum atomic E-state index is 12.5. The number of nitrogens with one attached hydrogen (secondary N) is 1. The number of para-hydroxylation sites is 1. The lowest BCUT2D eigenvalue weighted by atomic mass is 10.1. The largest absolute Gasteiger partial charge is 0.341 e. The average Bonchev–Trinajstić information content (AvgIpc) is 2.95. The van der Waals surface area contributed by atoms with Crippen molar-refractivity contribution in [2.75, 3.05) is 5.32 Å². The number of fused-ring (bicyclic) bond motifs is 3. The van der Waals surface area contributed by atoms with Gasteiger partial charge in [-0.3, -0.25) is 4.79 Å². The van der Waals surface area contributed by atoms with E-state index in [1.165, 1.54) is 16.4 Å². The molecule has 0 unspecified atom stereocenters. The van der Waals surface area contributed by atoms with E-state index in [-0.39, 0.29) is 5.91 Å². The topological polar surface area (TPSA) is 34.0 Å². The minimum atomic E-state index is -0.0880. The fraction of sp³-hybridized carbons (Fsp3) is 0.0952. The highest BCUT2D eigenvalue weighted by atomic mass is 127. The Morgan fingerprint density at radius 2 is 1.68 bits per heavy atom. The molecular formula is C21H17IN2O. The second-order valence-electron chi connectivity index (χ2n) is 5.95. The van der Waals surface area contributed by atoms with Crippen LogP contribution in [0.15, 0.2) is 66.7 Å². The first-order valence-electron chi connectivity index (χ1n) is 8.25. The molecule has 124 valence electrons. The summed E-state index contributed by atoms with van der Waals surface area (Å²) in [5.41, 5.74) is 3.89. The van der Waals surface area contributed by atoms with E-state index in [0.717, 1.165) is 21.2 Å². The van der Waals surface area contributed by atoms with Crippen LogP contribution in [0.4, 0.5) is 5.69 Å². The van der Waals surface area contributed by atoms with Crippen molar-refractivity contribution in [3.05, 3.63) is 75.9 Å². The number of hydrogen-bond donors (Lipinski definition) is 1. The van der Waals surface area contributed by atoms with Crippen LogP contribution in [0.25, 0.3) is 21.8 Å². The quantitative estimate of drug-likeness (QED) is 0.409. The molecule has 0 saturated heterocycles. The monoisotopic (exact) mass is 440 g/mol. The highest BCUT2D eigenvalue weighted by molar-refractivity contribution is 14.1. The average molecular weight is 440 g/mol. The second-order valence-corrected chi connectivity index (χ2v) is 7.20. The van der Waals surface area contributed by atoms with Crippen molar-refractivity contribution in [2.45, 2.75) is 13.5 Å². The van der Waals surface area contributed by atoms with Gasteiger partial charge in [0.1, 0.15) is 0 Å². The lowest BCUT2D eigenvalue weighted by Crippen LogP contribution is -2.11. The Kier molecular flexibility index (Phi) is 4.21. The number of carbonyl (C=O) groups is 1. The number of rotatable bonds is 3. The summed E-state index contributed by atoms with van der Waals surface area (Å²) in [6, 6.07) is 22.1. The van der Waals surface area contributed by atoms with Gasteiger partial charge in [0, 0.05) is 43.2 Å². The van der Waals surface area contributed by atoms with Crippen molar-refractivity contribution in [3.63, 3.8) is 0 Å². The molecule has 1 N–H and O–H groups in total. The van der Waals surface area contributed by atoms with Gasteiger partial charge in [-0.1, -0.05) is 18.2 Å². The zero-order valence-electron chi connectivity index (χ0n) is 13.8. The van der Waals surface area contributed by atoms with Crippen LogP contribution in [0.1, 0.15) is 17.3 Å². The van der Waals surface area contributed by atoms with Crippen LogP contribution >= 0.6 is 22.6 Å². The maximum absolute atomic E-state index is 12.5. The van der Waals surface area contributed by atoms with Crippen molar-refractivity contribution >= 4 is 56.0 Å². The molecule has 0 aliphatic heterocycles. The van der Waals surface area contributed by atoms with Crippen molar-refractivity contribution in [2.24, 2.45) is 0 Å². The zero-order chi connectivity index (χ0) is 17.4. The van der Waals surface area contributed by atoms with Crippen LogP contribution in [0.3, 0.4) is 0 Å². The fourth-order valence-electron chi connectivity index (χ4n) is 3.28. The number of halogens is 1. The van der Waals surface area contributed by atoms with E-state index in [4.69, 9.17) is 0 Å². The molecule has 0 atom stereocenters. The Balaban J connectivity index is 1.75. The first kappa shape index (κ1) is 16.1. The smallest absolute Gasteiger partial charge is 0.255 e. The van der Waals surface area contributed by atoms with Crippen molar-refractivity contribution < 1.29 is 4.79 Å². The Hall–Kier alpha value is -2.34. The van der Waals surface area contributed by atoms with Crippen LogP contribution in [-0.2, 0) is 6.54 Å². The molecule has 1 aromatic heterocycles. The molecule has 0 bridgehead atoms. The molecule has 1 amide bonds. The molecule has 4 heteroatoms. The van der Waals surface area contributed by atoms with Crippen LogP contribution < -0.4 is 5.32 Å². The van der Waals surface area contributed by atoms with Gasteiger partial charge in [0.15, 0.2) is 0 Å². The molecule has 0 radical (unpaired) electrons. The van der Waals surface area contributed by atoms with Crippen LogP contribution in [0, 0.1) is 3.57 Å². The number of benzene rings is 3. The molecule has 0 spiro atoms. The van der Waals surface area contributed by atoms with Gasteiger partial charge in [0.25, 0.3) is 5.91 Å². The Labute approximate surface area is 159 Å². The van der Waals surface area contributed by atoms with Crippen LogP contribution in [-0.4, -0.2) is 10.5 Å². The van der Waals surface area contributed by atoms with Gasteiger partial charge in [-0.2, -0.15) is 0 Å². The highest BCUT2D eigenvalue weighted by Crippen LogP contribution is 2.31. The van der Waals surface area contributed by atoms with Crippen LogP contribution in [0.5, 0.6) is 0 Å². The highest BCUT2D eigenvalue weighted by Gasteiger charge is 2.11. The van der Waals surface area contributed by atoms with Crippen molar-refractivity contribution in [1.29, 1.82) is 0 Å². The molecule has 3 nitrogen and oxygen atoms in total. The molecule has 0 fully saturated rings. The predicted molar refractivity (Wildman–Crippen MR) is 112 cm³/mol. The number of nitrogens with zero attached hydrogens (tertiary/aromatic N) is 1. The first-order chi connectivity index (χ1) is 12.2. The Bertz CT molecular complexity index is 1080. The number of hydrogen-bond acceptors (Lipinski definition) is 1. The van der Waals surface area contributed by atoms with Gasteiger partial charge in [0.2, 0.25) is 0 Å². The van der Waals surface area contributed by atoms with Crippen LogP contribution in [0.2, 0.25) is 0 Å². The minimum absolute atomic E-state index is 0.0880. The summed E-state index contributed by atoms with van der Waals surface area (Å²) in [6.45, 7) is 3.07. The first-order valence-corrected chi connectivity index (χ1v) is 9.33. The normalized spacial score (nSPS) is 11.1. The second kappa shape index (κ2) is 6.52. The number of amides is 1. The molecule has 0 aliphatic rings. The summed E-state index contributed by atoms with van der Waals surface area (Å²) in [5, 5.41) is 5.39. The molecule has 3 aromatic carbocycles. The molecule has 1 heterocycles. The minimum Gasteiger partial charge on any atom is -0.341 e. The van der Waals surface area contributed by atoms with E-state index in [1.54, 1.807) is 0 Å². The van der Waals surface area contributed by atoms with Gasteiger partial charge in [-0.15, -0.1) is 0 Å². The van der Waals surface area contributed by atoms with E-state index in [1.807, 2.05) is 30.3 Å². The maximum Gasteiger partial charge on any atom is 0.255 e. The lowest BCUT2D eigenvalue weighted by Gasteiger charge is -2.07. The van der Waals surface area contributed by atoms with E-state index in [0.29, 0.717) is 5.56 Å². The third-order valence-electron chi connectivity index (χ3n) is 4.45. The molecule has 25 heavy (non-hydrogen) atoms. The number of aryl methyl sites for hydroxylation is 1. The predicted octanol–water partition coefficient (Wildman–Crippen LogP) is 5.67. The van der Waals surface area contributed by atoms with Gasteiger partial charge in [-0.05, 0) is 78.0 Å². The molecule has 4 aromatic rings. The zero-order valence-corrected chi connectivity index (χ0v) is 15.9. The summed E-state index contributed by atoms with van der Waals surface area (Å²) < 4.78 is 3.41. The lowest BCUT2D eigenvalue weighted by molar-refractivity contribution is 0.102. The van der Waals surface area contributed by atoms with Gasteiger partial charge in [0.05, 0.1) is 0 Å². The van der Waals surface area contributed by atoms with E-state index in [9.17, 15) is 4.79 Å². The van der Waals surface area contributed by atoms with Crippen molar-refractivity contribution in [3.8, 4) is 0 Å². The number of anilines is 1. The van der Waals surface area contributed by atoms with E-state index >= 15 is 0 Å². The Morgan fingerprint density at radius 1 is 0.960 bits per heavy atom. The standard InChI is InChI=1S/C21H17IN2O/c1-2-24-19-6-4-3-5-17(19)18-13-16(11-12-20(18)24)23-21(25)14-7-9-15(22)10-8-14/h3-13H,2H2,1H3,(H,23,25). The molecule has 0 aliphatic carbocycles. The Morgan fingerprint density at radius 3 is 2.44 bits per heavy atom. The molecule has 4 rings (SSSR count). The summed E-state index contributed by atoms with van der Waals surface area (Å²) in [4.78, 5) is 12.5. The summed E-state index contributed by atoms with van der Waals surface area (Å²) in [5.74, 6) is -0.0880. The third-order valence-corrected chi connectivity index (χ3v) is 5.17. The van der Waals surface area contributed by atoms with Gasteiger partial charge >= 0.3 is 0 Å². The van der Waals surface area contributed by atoms with Gasteiger partial charge < -0.3 is 9.88 Å². The SMILES string of the molecule is CCn1c2ccccc2c2cc(NC(=O)c3ccc(I)cc3)ccc21. The summed E-state index contributed by atoms with van der Waals surface area (Å²) in [7, 11) is 0. The van der Waals surface area contributed by atoms with Crippen molar-refractivity contribution in [1.82, 2.24) is 4.57 Å².